The highest BCUT2D eigenvalue weighted by atomic mass is 16.6. The lowest BCUT2D eigenvalue weighted by molar-refractivity contribution is -0.141. The number of hydrogen-bond donors (Lipinski definition) is 2. The van der Waals surface area contributed by atoms with Gasteiger partial charge >= 0.3 is 11.9 Å². The van der Waals surface area contributed by atoms with Crippen molar-refractivity contribution in [3.05, 3.63) is 95.6 Å². The lowest BCUT2D eigenvalue weighted by Gasteiger charge is -2.16. The number of aryl methyl sites for hydroxylation is 3. The molecular formula is C39H48O8. The molecule has 47 heavy (non-hydrogen) atoms. The Morgan fingerprint density at radius 1 is 0.660 bits per heavy atom. The molecule has 0 spiro atoms. The van der Waals surface area contributed by atoms with Crippen LogP contribution in [0.1, 0.15) is 56.2 Å². The Balaban J connectivity index is 1.82. The number of carbonyl (C=O) groups is 2. The van der Waals surface area contributed by atoms with Gasteiger partial charge in [-0.2, -0.15) is 0 Å². The van der Waals surface area contributed by atoms with E-state index in [0.717, 1.165) is 24.0 Å². The van der Waals surface area contributed by atoms with Gasteiger partial charge in [0.2, 0.25) is 0 Å². The van der Waals surface area contributed by atoms with E-state index in [9.17, 15) is 9.59 Å². The predicted molar refractivity (Wildman–Crippen MR) is 185 cm³/mol. The van der Waals surface area contributed by atoms with Crippen LogP contribution in [0.5, 0.6) is 11.5 Å². The van der Waals surface area contributed by atoms with E-state index in [4.69, 9.17) is 29.2 Å². The summed E-state index contributed by atoms with van der Waals surface area (Å²) in [5, 5.41) is 18.1. The van der Waals surface area contributed by atoms with E-state index in [1.165, 1.54) is 53.5 Å². The SMILES string of the molecule is C=C(CO)C(=O)OCCOc1cc(OCCOC(=O)C(=C)CO)cc(-c2ccc(-c3ccc(CCCCCC)c(C)c3)c(CC)c2)c1. The zero-order chi connectivity index (χ0) is 34.2. The van der Waals surface area contributed by atoms with Crippen LogP contribution in [0.4, 0.5) is 0 Å². The number of hydrogen-bond acceptors (Lipinski definition) is 8. The highest BCUT2D eigenvalue weighted by molar-refractivity contribution is 5.88. The zero-order valence-electron chi connectivity index (χ0n) is 27.9. The first kappa shape index (κ1) is 37.1. The minimum Gasteiger partial charge on any atom is -0.490 e. The Bertz CT molecular complexity index is 1470. The van der Waals surface area contributed by atoms with Crippen LogP contribution in [-0.4, -0.2) is 61.8 Å². The highest BCUT2D eigenvalue weighted by Crippen LogP contribution is 2.34. The molecular weight excluding hydrogens is 596 g/mol. The van der Waals surface area contributed by atoms with Crippen LogP contribution in [0.15, 0.2) is 78.9 Å². The normalized spacial score (nSPS) is 10.7. The molecule has 0 aliphatic rings. The van der Waals surface area contributed by atoms with Gasteiger partial charge < -0.3 is 29.2 Å². The maximum Gasteiger partial charge on any atom is 0.335 e. The van der Waals surface area contributed by atoms with Crippen molar-refractivity contribution >= 4 is 11.9 Å². The van der Waals surface area contributed by atoms with Crippen LogP contribution in [0.2, 0.25) is 0 Å². The monoisotopic (exact) mass is 644 g/mol. The van der Waals surface area contributed by atoms with E-state index in [1.54, 1.807) is 6.07 Å². The fraction of sp³-hybridized carbons (Fsp3) is 0.385. The third kappa shape index (κ3) is 11.4. The smallest absolute Gasteiger partial charge is 0.335 e. The third-order valence-corrected chi connectivity index (χ3v) is 7.78. The van der Waals surface area contributed by atoms with Gasteiger partial charge in [-0.3, -0.25) is 0 Å². The zero-order valence-corrected chi connectivity index (χ0v) is 27.9. The number of carbonyl (C=O) groups excluding carboxylic acids is 2. The van der Waals surface area contributed by atoms with Crippen LogP contribution in [0.25, 0.3) is 22.3 Å². The molecule has 0 amide bonds. The first-order valence-electron chi connectivity index (χ1n) is 16.3. The topological polar surface area (TPSA) is 112 Å². The number of unbranched alkanes of at least 4 members (excludes halogenated alkanes) is 3. The van der Waals surface area contributed by atoms with Crippen molar-refractivity contribution in [3.8, 4) is 33.8 Å². The van der Waals surface area contributed by atoms with E-state index in [-0.39, 0.29) is 37.6 Å². The summed E-state index contributed by atoms with van der Waals surface area (Å²) in [4.78, 5) is 23.6. The Kier molecular flexibility index (Phi) is 15.2. The van der Waals surface area contributed by atoms with Gasteiger partial charge in [-0.15, -0.1) is 0 Å². The van der Waals surface area contributed by atoms with Gasteiger partial charge in [0.1, 0.15) is 37.9 Å². The molecule has 0 atom stereocenters. The molecule has 0 radical (unpaired) electrons. The van der Waals surface area contributed by atoms with E-state index in [0.29, 0.717) is 11.5 Å². The maximum atomic E-state index is 11.8. The number of ether oxygens (including phenoxy) is 4. The van der Waals surface area contributed by atoms with Crippen molar-refractivity contribution in [2.24, 2.45) is 0 Å². The Hall–Kier alpha value is -4.40. The maximum absolute atomic E-state index is 11.8. The molecule has 2 N–H and O–H groups in total. The predicted octanol–water partition coefficient (Wildman–Crippen LogP) is 6.96. The van der Waals surface area contributed by atoms with Gasteiger partial charge in [0.15, 0.2) is 0 Å². The van der Waals surface area contributed by atoms with Gasteiger partial charge in [0.25, 0.3) is 0 Å². The molecule has 8 nitrogen and oxygen atoms in total. The summed E-state index contributed by atoms with van der Waals surface area (Å²) in [6.45, 7) is 12.6. The molecule has 3 aromatic rings. The summed E-state index contributed by atoms with van der Waals surface area (Å²) in [6.07, 6.45) is 6.94. The van der Waals surface area contributed by atoms with Crippen LogP contribution >= 0.6 is 0 Å². The van der Waals surface area contributed by atoms with Crippen LogP contribution in [0.3, 0.4) is 0 Å². The minimum atomic E-state index is -0.684. The molecule has 0 aliphatic carbocycles. The van der Waals surface area contributed by atoms with Crippen molar-refractivity contribution in [3.63, 3.8) is 0 Å². The van der Waals surface area contributed by atoms with E-state index in [2.05, 4.69) is 70.3 Å². The molecule has 3 aromatic carbocycles. The summed E-state index contributed by atoms with van der Waals surface area (Å²) < 4.78 is 22.0. The van der Waals surface area contributed by atoms with Crippen molar-refractivity contribution in [2.75, 3.05) is 39.6 Å². The fourth-order valence-electron chi connectivity index (χ4n) is 5.06. The molecule has 252 valence electrons. The second-order valence-electron chi connectivity index (χ2n) is 11.4. The average molecular weight is 645 g/mol. The molecule has 3 rings (SSSR count). The highest BCUT2D eigenvalue weighted by Gasteiger charge is 2.13. The van der Waals surface area contributed by atoms with E-state index >= 15 is 0 Å². The van der Waals surface area contributed by atoms with Crippen molar-refractivity contribution < 1.29 is 38.7 Å². The first-order chi connectivity index (χ1) is 22.7. The van der Waals surface area contributed by atoms with Gasteiger partial charge in [-0.05, 0) is 77.3 Å². The second kappa shape index (κ2) is 19.3. The summed E-state index contributed by atoms with van der Waals surface area (Å²) in [5.74, 6) is -0.382. The number of esters is 2. The number of rotatable bonds is 20. The Morgan fingerprint density at radius 2 is 1.26 bits per heavy atom. The fourth-order valence-corrected chi connectivity index (χ4v) is 5.06. The van der Waals surface area contributed by atoms with Crippen molar-refractivity contribution in [1.29, 1.82) is 0 Å². The first-order valence-corrected chi connectivity index (χ1v) is 16.3. The summed E-state index contributed by atoms with van der Waals surface area (Å²) in [5.41, 5.74) is 8.08. The molecule has 0 saturated heterocycles. The average Bonchev–Trinajstić information content (AvgIpc) is 3.09. The van der Waals surface area contributed by atoms with E-state index in [1.807, 2.05) is 12.1 Å². The molecule has 8 heteroatoms. The molecule has 0 heterocycles. The number of benzene rings is 3. The molecule has 0 fully saturated rings. The van der Waals surface area contributed by atoms with Crippen LogP contribution in [-0.2, 0) is 31.9 Å². The Labute approximate surface area is 278 Å². The lowest BCUT2D eigenvalue weighted by atomic mass is 9.91. The number of aliphatic hydroxyl groups is 2. The minimum absolute atomic E-state index is 0.0327. The van der Waals surface area contributed by atoms with E-state index < -0.39 is 25.2 Å². The summed E-state index contributed by atoms with van der Waals surface area (Å²) >= 11 is 0. The standard InChI is InChI=1S/C39H48O8/c1-6-8-9-10-11-31-12-13-33(20-27(31)3)37-15-14-32(21-30(37)7-2)34-22-35(44-16-18-46-38(42)28(4)25-40)24-36(23-34)45-17-19-47-39(43)29(5)26-41/h12-15,20-24,40-41H,4-11,16-19,25-26H2,1-3H3. The van der Waals surface area contributed by atoms with Crippen LogP contribution in [0, 0.1) is 6.92 Å². The molecule has 0 aromatic heterocycles. The molecule has 0 saturated carbocycles. The van der Waals surface area contributed by atoms with Gasteiger partial charge in [-0.25, -0.2) is 9.59 Å². The van der Waals surface area contributed by atoms with Gasteiger partial charge in [0.05, 0.1) is 24.4 Å². The van der Waals surface area contributed by atoms with Crippen molar-refractivity contribution in [1.82, 2.24) is 0 Å². The molecule has 0 bridgehead atoms. The largest absolute Gasteiger partial charge is 0.490 e. The molecule has 0 unspecified atom stereocenters. The Morgan fingerprint density at radius 3 is 1.79 bits per heavy atom. The summed E-state index contributed by atoms with van der Waals surface area (Å²) in [6, 6.07) is 18.7. The lowest BCUT2D eigenvalue weighted by Crippen LogP contribution is -2.15. The van der Waals surface area contributed by atoms with Crippen LogP contribution < -0.4 is 9.47 Å². The third-order valence-electron chi connectivity index (χ3n) is 7.78. The number of aliphatic hydroxyl groups excluding tert-OH is 2. The second-order valence-corrected chi connectivity index (χ2v) is 11.4. The summed E-state index contributed by atoms with van der Waals surface area (Å²) in [7, 11) is 0. The molecule has 0 aliphatic heterocycles. The van der Waals surface area contributed by atoms with Crippen molar-refractivity contribution in [2.45, 2.75) is 59.3 Å². The van der Waals surface area contributed by atoms with Gasteiger partial charge in [0, 0.05) is 6.07 Å². The quantitative estimate of drug-likeness (QED) is 0.0772. The van der Waals surface area contributed by atoms with Gasteiger partial charge in [-0.1, -0.05) is 82.7 Å².